The number of benzene rings is 2. The number of carbonyl (C=O) groups is 2. The molecule has 2 aromatic rings. The van der Waals surface area contributed by atoms with E-state index in [-0.39, 0.29) is 24.4 Å². The lowest BCUT2D eigenvalue weighted by molar-refractivity contribution is -0.140. The van der Waals surface area contributed by atoms with Crippen LogP contribution in [0.1, 0.15) is 52.9 Å². The number of oxime groups is 1. The van der Waals surface area contributed by atoms with E-state index in [0.717, 1.165) is 6.07 Å². The number of nitrogens with one attached hydrogen (secondary N) is 2. The third-order valence-corrected chi connectivity index (χ3v) is 5.67. The Balaban J connectivity index is 1.79. The Labute approximate surface area is 198 Å². The number of halogens is 5. The van der Waals surface area contributed by atoms with Crippen LogP contribution in [0.25, 0.3) is 0 Å². The van der Waals surface area contributed by atoms with Crippen molar-refractivity contribution < 1.29 is 32.0 Å². The molecular weight excluding hydrogens is 478 g/mol. The van der Waals surface area contributed by atoms with E-state index in [2.05, 4.69) is 15.8 Å². The molecule has 1 aliphatic heterocycles. The minimum Gasteiger partial charge on any atom is -0.384 e. The average molecular weight is 500 g/mol. The number of nitrogens with zero attached hydrogens (tertiary/aromatic N) is 1. The molecule has 1 unspecified atom stereocenters. The molecule has 11 heteroatoms. The molecule has 0 radical (unpaired) electrons. The minimum absolute atomic E-state index is 0.0306. The summed E-state index contributed by atoms with van der Waals surface area (Å²) in [7, 11) is 0. The summed E-state index contributed by atoms with van der Waals surface area (Å²) in [6.07, 6.45) is -4.83. The van der Waals surface area contributed by atoms with E-state index < -0.39 is 34.1 Å². The molecule has 1 heterocycles. The molecule has 2 amide bonds. The van der Waals surface area contributed by atoms with Crippen LogP contribution in [0, 0.1) is 12.7 Å². The maximum atomic E-state index is 13.9. The van der Waals surface area contributed by atoms with Crippen LogP contribution in [0.5, 0.6) is 0 Å². The predicted octanol–water partition coefficient (Wildman–Crippen LogP) is 4.71. The second-order valence-electron chi connectivity index (χ2n) is 8.02. The molecule has 2 aromatic carbocycles. The first-order chi connectivity index (χ1) is 15.9. The van der Waals surface area contributed by atoms with E-state index in [0.29, 0.717) is 35.0 Å². The van der Waals surface area contributed by atoms with E-state index in [4.69, 9.17) is 16.4 Å². The van der Waals surface area contributed by atoms with Crippen LogP contribution in [-0.4, -0.2) is 30.6 Å². The van der Waals surface area contributed by atoms with Gasteiger partial charge in [-0.2, -0.15) is 13.2 Å². The Hall–Kier alpha value is -3.14. The third kappa shape index (κ3) is 5.32. The second-order valence-corrected chi connectivity index (χ2v) is 8.43. The molecular formula is C23H22ClF4N3O3. The lowest BCUT2D eigenvalue weighted by atomic mass is 9.87. The Morgan fingerprint density at radius 3 is 2.53 bits per heavy atom. The standard InChI is InChI=1S/C23H22ClF4N3O3/c1-4-29-19(32)11-30-21(33)15-6-5-13(7-12(15)2)18-10-22(3,34-31-18)14-8-16(23(26,27)28)20(25)17(24)9-14/h5-9H,4,10-11H2,1-3H3,(H,29,32)(H,30,33). The van der Waals surface area contributed by atoms with Crippen LogP contribution in [0.2, 0.25) is 5.02 Å². The monoisotopic (exact) mass is 499 g/mol. The van der Waals surface area contributed by atoms with Gasteiger partial charge < -0.3 is 15.5 Å². The van der Waals surface area contributed by atoms with Crippen LogP contribution >= 0.6 is 11.6 Å². The summed E-state index contributed by atoms with van der Waals surface area (Å²) in [5.74, 6) is -2.28. The molecule has 3 rings (SSSR count). The highest BCUT2D eigenvalue weighted by atomic mass is 35.5. The van der Waals surface area contributed by atoms with Crippen molar-refractivity contribution >= 4 is 29.1 Å². The average Bonchev–Trinajstić information content (AvgIpc) is 3.16. The Bertz CT molecular complexity index is 1170. The van der Waals surface area contributed by atoms with Gasteiger partial charge in [-0.3, -0.25) is 9.59 Å². The molecule has 1 aliphatic rings. The highest BCUT2D eigenvalue weighted by Crippen LogP contribution is 2.42. The van der Waals surface area contributed by atoms with Crippen molar-refractivity contribution in [2.45, 2.75) is 39.0 Å². The molecule has 2 N–H and O–H groups in total. The fraction of sp³-hybridized carbons (Fsp3) is 0.348. The fourth-order valence-corrected chi connectivity index (χ4v) is 3.78. The van der Waals surface area contributed by atoms with Gasteiger partial charge in [0.05, 0.1) is 22.8 Å². The summed E-state index contributed by atoms with van der Waals surface area (Å²) < 4.78 is 53.6. The van der Waals surface area contributed by atoms with Crippen molar-refractivity contribution in [2.24, 2.45) is 5.16 Å². The molecule has 0 spiro atoms. The van der Waals surface area contributed by atoms with Crippen LogP contribution in [0.15, 0.2) is 35.5 Å². The third-order valence-electron chi connectivity index (χ3n) is 5.39. The van der Waals surface area contributed by atoms with Gasteiger partial charge in [0.2, 0.25) is 5.91 Å². The maximum absolute atomic E-state index is 13.9. The molecule has 6 nitrogen and oxygen atoms in total. The smallest absolute Gasteiger partial charge is 0.384 e. The summed E-state index contributed by atoms with van der Waals surface area (Å²) in [4.78, 5) is 29.4. The molecule has 34 heavy (non-hydrogen) atoms. The number of hydrogen-bond donors (Lipinski definition) is 2. The first-order valence-electron chi connectivity index (χ1n) is 10.3. The maximum Gasteiger partial charge on any atom is 0.419 e. The number of aryl methyl sites for hydroxylation is 1. The van der Waals surface area contributed by atoms with E-state index in [1.807, 2.05) is 0 Å². The van der Waals surface area contributed by atoms with Gasteiger partial charge in [0, 0.05) is 24.1 Å². The summed E-state index contributed by atoms with van der Waals surface area (Å²) in [6.45, 7) is 5.29. The van der Waals surface area contributed by atoms with Crippen molar-refractivity contribution in [3.8, 4) is 0 Å². The highest BCUT2D eigenvalue weighted by Gasteiger charge is 2.41. The van der Waals surface area contributed by atoms with Gasteiger partial charge >= 0.3 is 6.18 Å². The van der Waals surface area contributed by atoms with E-state index in [1.165, 1.54) is 6.92 Å². The Kier molecular flexibility index (Phi) is 7.21. The Morgan fingerprint density at radius 1 is 1.21 bits per heavy atom. The zero-order valence-electron chi connectivity index (χ0n) is 18.6. The lowest BCUT2D eigenvalue weighted by Crippen LogP contribution is -2.37. The number of likely N-dealkylation sites (N-methyl/N-ethyl adjacent to an activating group) is 1. The lowest BCUT2D eigenvalue weighted by Gasteiger charge is -2.23. The zero-order chi connectivity index (χ0) is 25.3. The summed E-state index contributed by atoms with van der Waals surface area (Å²) in [5.41, 5.74) is -0.750. The predicted molar refractivity (Wildman–Crippen MR) is 118 cm³/mol. The largest absolute Gasteiger partial charge is 0.419 e. The molecule has 0 bridgehead atoms. The number of amides is 2. The number of rotatable bonds is 6. The number of hydrogen-bond acceptors (Lipinski definition) is 4. The zero-order valence-corrected chi connectivity index (χ0v) is 19.3. The van der Waals surface area contributed by atoms with Crippen LogP contribution in [0.3, 0.4) is 0 Å². The van der Waals surface area contributed by atoms with Crippen LogP contribution in [-0.2, 0) is 21.4 Å². The van der Waals surface area contributed by atoms with E-state index in [9.17, 15) is 27.2 Å². The first-order valence-corrected chi connectivity index (χ1v) is 10.7. The molecule has 0 saturated carbocycles. The van der Waals surface area contributed by atoms with Gasteiger partial charge in [0.15, 0.2) is 11.4 Å². The van der Waals surface area contributed by atoms with Crippen molar-refractivity contribution in [1.82, 2.24) is 10.6 Å². The molecule has 0 fully saturated rings. The summed E-state index contributed by atoms with van der Waals surface area (Å²) in [6, 6.07) is 6.64. The molecule has 0 saturated heterocycles. The van der Waals surface area contributed by atoms with Gasteiger partial charge in [0.25, 0.3) is 5.91 Å². The summed E-state index contributed by atoms with van der Waals surface area (Å²) in [5, 5.41) is 8.47. The first kappa shape index (κ1) is 25.5. The summed E-state index contributed by atoms with van der Waals surface area (Å²) >= 11 is 5.72. The SMILES string of the molecule is CCNC(=O)CNC(=O)c1ccc(C2=NOC(C)(c3cc(Cl)c(F)c(C(F)(F)F)c3)C2)cc1C. The Morgan fingerprint density at radius 2 is 1.91 bits per heavy atom. The molecule has 0 aromatic heterocycles. The van der Waals surface area contributed by atoms with Gasteiger partial charge in [-0.25, -0.2) is 4.39 Å². The van der Waals surface area contributed by atoms with Gasteiger partial charge in [-0.1, -0.05) is 22.8 Å². The van der Waals surface area contributed by atoms with Crippen molar-refractivity contribution in [3.05, 3.63) is 69.0 Å². The van der Waals surface area contributed by atoms with Crippen LogP contribution < -0.4 is 10.6 Å². The van der Waals surface area contributed by atoms with Crippen molar-refractivity contribution in [2.75, 3.05) is 13.1 Å². The van der Waals surface area contributed by atoms with Gasteiger partial charge in [0.1, 0.15) is 0 Å². The molecule has 182 valence electrons. The highest BCUT2D eigenvalue weighted by molar-refractivity contribution is 6.30. The van der Waals surface area contributed by atoms with Crippen LogP contribution in [0.4, 0.5) is 17.6 Å². The van der Waals surface area contributed by atoms with Gasteiger partial charge in [-0.15, -0.1) is 0 Å². The molecule has 1 atom stereocenters. The minimum atomic E-state index is -4.92. The number of carbonyl (C=O) groups excluding carboxylic acids is 2. The normalized spacial score (nSPS) is 17.7. The fourth-order valence-electron chi connectivity index (χ4n) is 3.56. The second kappa shape index (κ2) is 9.61. The van der Waals surface area contributed by atoms with Gasteiger partial charge in [-0.05, 0) is 56.2 Å². The van der Waals surface area contributed by atoms with E-state index >= 15 is 0 Å². The topological polar surface area (TPSA) is 79.8 Å². The van der Waals surface area contributed by atoms with Crippen molar-refractivity contribution in [3.63, 3.8) is 0 Å². The quantitative estimate of drug-likeness (QED) is 0.565. The number of alkyl halides is 3. The van der Waals surface area contributed by atoms with E-state index in [1.54, 1.807) is 32.0 Å². The van der Waals surface area contributed by atoms with Crippen molar-refractivity contribution in [1.29, 1.82) is 0 Å². The molecule has 0 aliphatic carbocycles.